The molecule has 1 aliphatic rings. The first kappa shape index (κ1) is 21.2. The maximum absolute atomic E-state index is 12.4. The molecule has 0 heterocycles. The number of aliphatic carboxylic acids is 1. The number of hydrogen-bond donors (Lipinski definition) is 2. The van der Waals surface area contributed by atoms with E-state index < -0.39 is 18.1 Å². The topological polar surface area (TPSA) is 75.6 Å². The first-order chi connectivity index (χ1) is 14.9. The minimum absolute atomic E-state index is 0.00946. The van der Waals surface area contributed by atoms with Gasteiger partial charge in [-0.15, -0.1) is 0 Å². The van der Waals surface area contributed by atoms with Crippen LogP contribution in [-0.4, -0.2) is 29.8 Å². The van der Waals surface area contributed by atoms with Crippen molar-refractivity contribution >= 4 is 35.3 Å². The highest BCUT2D eigenvalue weighted by molar-refractivity contribution is 6.35. The van der Waals surface area contributed by atoms with Crippen molar-refractivity contribution < 1.29 is 19.4 Å². The van der Waals surface area contributed by atoms with Crippen LogP contribution in [0.15, 0.2) is 66.7 Å². The van der Waals surface area contributed by atoms with Crippen LogP contribution in [0.25, 0.3) is 11.1 Å². The molecule has 0 saturated carbocycles. The van der Waals surface area contributed by atoms with Crippen LogP contribution in [0.3, 0.4) is 0 Å². The molecule has 0 bridgehead atoms. The van der Waals surface area contributed by atoms with Crippen LogP contribution in [0.5, 0.6) is 0 Å². The van der Waals surface area contributed by atoms with Crippen LogP contribution in [0.4, 0.5) is 4.79 Å². The summed E-state index contributed by atoms with van der Waals surface area (Å²) in [7, 11) is 0. The number of ether oxygens (including phenoxy) is 1. The van der Waals surface area contributed by atoms with Crippen LogP contribution < -0.4 is 5.32 Å². The Morgan fingerprint density at radius 1 is 0.968 bits per heavy atom. The first-order valence-corrected chi connectivity index (χ1v) is 10.5. The van der Waals surface area contributed by atoms with E-state index >= 15 is 0 Å². The highest BCUT2D eigenvalue weighted by Crippen LogP contribution is 2.44. The molecule has 2 N–H and O–H groups in total. The van der Waals surface area contributed by atoms with Crippen molar-refractivity contribution in [3.05, 3.63) is 93.5 Å². The molecule has 0 aromatic heterocycles. The van der Waals surface area contributed by atoms with Crippen molar-refractivity contribution in [1.29, 1.82) is 0 Å². The van der Waals surface area contributed by atoms with Gasteiger partial charge >= 0.3 is 12.1 Å². The van der Waals surface area contributed by atoms with E-state index in [2.05, 4.69) is 5.32 Å². The molecule has 0 saturated heterocycles. The Kier molecular flexibility index (Phi) is 6.16. The number of amides is 1. The number of carboxylic acid groups (broad SMARTS) is 1. The standard InChI is InChI=1S/C24H19Cl2NO4/c25-15-10-9-14(21(26)12-15)11-22(23(28)29)27-24(30)31-13-20-18-7-3-1-5-16(18)17-6-2-4-8-19(17)20/h1-10,12,20,22H,11,13H2,(H,27,30)(H,28,29)/t22-/m0/s1. The third-order valence-electron chi connectivity index (χ3n) is 5.37. The third-order valence-corrected chi connectivity index (χ3v) is 5.96. The minimum atomic E-state index is -1.19. The maximum atomic E-state index is 12.4. The fourth-order valence-electron chi connectivity index (χ4n) is 3.89. The number of fused-ring (bicyclic) bond motifs is 3. The molecule has 3 aromatic rings. The predicted molar refractivity (Wildman–Crippen MR) is 120 cm³/mol. The molecule has 4 rings (SSSR count). The van der Waals surface area contributed by atoms with Crippen molar-refractivity contribution in [2.45, 2.75) is 18.4 Å². The van der Waals surface area contributed by atoms with E-state index in [0.29, 0.717) is 15.6 Å². The zero-order valence-corrected chi connectivity index (χ0v) is 17.9. The van der Waals surface area contributed by atoms with Gasteiger partial charge in [-0.3, -0.25) is 0 Å². The second-order valence-electron chi connectivity index (χ2n) is 7.30. The second kappa shape index (κ2) is 9.00. The van der Waals surface area contributed by atoms with Crippen molar-refractivity contribution in [1.82, 2.24) is 5.32 Å². The molecule has 5 nitrogen and oxygen atoms in total. The number of benzene rings is 3. The van der Waals surface area contributed by atoms with Gasteiger partial charge in [0, 0.05) is 22.4 Å². The van der Waals surface area contributed by atoms with Crippen LogP contribution in [-0.2, 0) is 16.0 Å². The zero-order valence-electron chi connectivity index (χ0n) is 16.3. The van der Waals surface area contributed by atoms with E-state index in [9.17, 15) is 14.7 Å². The Morgan fingerprint density at radius 3 is 2.16 bits per heavy atom. The lowest BCUT2D eigenvalue weighted by Crippen LogP contribution is -2.43. The highest BCUT2D eigenvalue weighted by Gasteiger charge is 2.30. The van der Waals surface area contributed by atoms with E-state index in [1.165, 1.54) is 6.07 Å². The number of hydrogen-bond acceptors (Lipinski definition) is 3. The van der Waals surface area contributed by atoms with Crippen molar-refractivity contribution in [2.24, 2.45) is 0 Å². The molecule has 1 amide bonds. The summed E-state index contributed by atoms with van der Waals surface area (Å²) in [6.45, 7) is 0.105. The quantitative estimate of drug-likeness (QED) is 0.512. The number of carbonyl (C=O) groups excluding carboxylic acids is 1. The Hall–Kier alpha value is -3.02. The van der Waals surface area contributed by atoms with Gasteiger partial charge in [-0.2, -0.15) is 0 Å². The zero-order chi connectivity index (χ0) is 22.0. The summed E-state index contributed by atoms with van der Waals surface area (Å²) in [6.07, 6.45) is -0.783. The van der Waals surface area contributed by atoms with Crippen LogP contribution in [0.2, 0.25) is 10.0 Å². The van der Waals surface area contributed by atoms with E-state index in [1.54, 1.807) is 12.1 Å². The number of halogens is 2. The minimum Gasteiger partial charge on any atom is -0.480 e. The predicted octanol–water partition coefficient (Wildman–Crippen LogP) is 5.53. The number of carboxylic acids is 1. The molecule has 31 heavy (non-hydrogen) atoms. The van der Waals surface area contributed by atoms with Gasteiger partial charge in [0.1, 0.15) is 12.6 Å². The van der Waals surface area contributed by atoms with Gasteiger partial charge in [0.15, 0.2) is 0 Å². The summed E-state index contributed by atoms with van der Waals surface area (Å²) in [5.41, 5.74) is 4.97. The van der Waals surface area contributed by atoms with E-state index in [1.807, 2.05) is 48.5 Å². The average molecular weight is 456 g/mol. The van der Waals surface area contributed by atoms with Gasteiger partial charge in [0.05, 0.1) is 0 Å². The number of rotatable bonds is 6. The Morgan fingerprint density at radius 2 is 1.58 bits per heavy atom. The summed E-state index contributed by atoms with van der Waals surface area (Å²) in [5.74, 6) is -1.29. The van der Waals surface area contributed by atoms with Gasteiger partial charge in [0.2, 0.25) is 0 Å². The van der Waals surface area contributed by atoms with Gasteiger partial charge in [0.25, 0.3) is 0 Å². The first-order valence-electron chi connectivity index (χ1n) is 9.72. The summed E-state index contributed by atoms with van der Waals surface area (Å²) in [4.78, 5) is 24.1. The van der Waals surface area contributed by atoms with Gasteiger partial charge in [-0.1, -0.05) is 77.8 Å². The van der Waals surface area contributed by atoms with Crippen molar-refractivity contribution in [2.75, 3.05) is 6.61 Å². The molecular weight excluding hydrogens is 437 g/mol. The second-order valence-corrected chi connectivity index (χ2v) is 8.14. The summed E-state index contributed by atoms with van der Waals surface area (Å²) in [6, 6.07) is 19.6. The average Bonchev–Trinajstić information content (AvgIpc) is 3.07. The molecule has 0 radical (unpaired) electrons. The maximum Gasteiger partial charge on any atom is 0.407 e. The Labute approximate surface area is 189 Å². The van der Waals surface area contributed by atoms with E-state index in [-0.39, 0.29) is 18.9 Å². The van der Waals surface area contributed by atoms with E-state index in [4.69, 9.17) is 27.9 Å². The fraction of sp³-hybridized carbons (Fsp3) is 0.167. The molecule has 0 fully saturated rings. The SMILES string of the molecule is O=C(N[C@@H](Cc1ccc(Cl)cc1Cl)C(=O)O)OCC1c2ccccc2-c2ccccc21. The summed E-state index contributed by atoms with van der Waals surface area (Å²) < 4.78 is 5.44. The van der Waals surface area contributed by atoms with Gasteiger partial charge < -0.3 is 15.2 Å². The van der Waals surface area contributed by atoms with Crippen molar-refractivity contribution in [3.8, 4) is 11.1 Å². The molecule has 3 aromatic carbocycles. The number of nitrogens with one attached hydrogen (secondary N) is 1. The molecule has 158 valence electrons. The van der Waals surface area contributed by atoms with Crippen molar-refractivity contribution in [3.63, 3.8) is 0 Å². The Balaban J connectivity index is 1.44. The smallest absolute Gasteiger partial charge is 0.407 e. The number of alkyl carbamates (subject to hydrolysis) is 1. The molecule has 0 spiro atoms. The molecule has 0 unspecified atom stereocenters. The van der Waals surface area contributed by atoms with Crippen LogP contribution >= 0.6 is 23.2 Å². The third kappa shape index (κ3) is 4.53. The molecule has 1 aliphatic carbocycles. The van der Waals surface area contributed by atoms with E-state index in [0.717, 1.165) is 22.3 Å². The lowest BCUT2D eigenvalue weighted by Gasteiger charge is -2.18. The monoisotopic (exact) mass is 455 g/mol. The van der Waals surface area contributed by atoms with Gasteiger partial charge in [-0.25, -0.2) is 9.59 Å². The van der Waals surface area contributed by atoms with Crippen LogP contribution in [0, 0.1) is 0 Å². The lowest BCUT2D eigenvalue weighted by molar-refractivity contribution is -0.139. The largest absolute Gasteiger partial charge is 0.480 e. The fourth-order valence-corrected chi connectivity index (χ4v) is 4.38. The number of carbonyl (C=O) groups is 2. The highest BCUT2D eigenvalue weighted by atomic mass is 35.5. The molecule has 1 atom stereocenters. The molecule has 7 heteroatoms. The summed E-state index contributed by atoms with van der Waals surface area (Å²) >= 11 is 12.0. The molecule has 0 aliphatic heterocycles. The molecular formula is C24H19Cl2NO4. The normalized spacial score (nSPS) is 13.2. The van der Waals surface area contributed by atoms with Crippen LogP contribution in [0.1, 0.15) is 22.6 Å². The van der Waals surface area contributed by atoms with Gasteiger partial charge in [-0.05, 0) is 39.9 Å². The summed E-state index contributed by atoms with van der Waals surface area (Å²) in [5, 5.41) is 12.7. The Bertz CT molecular complexity index is 1100. The lowest BCUT2D eigenvalue weighted by atomic mass is 9.98.